The van der Waals surface area contributed by atoms with E-state index in [0.717, 1.165) is 43.5 Å². The molecule has 4 rings (SSSR count). The van der Waals surface area contributed by atoms with Crippen molar-refractivity contribution < 1.29 is 0 Å². The molecular formula is C21H27Br2N3. The molecule has 26 heavy (non-hydrogen) atoms. The molecule has 140 valence electrons. The SMILES string of the molecule is CC.Cc1ccc2c(c1Br)CCc1cc(Br)cnc1C2N1CCNCC1. The lowest BCUT2D eigenvalue weighted by molar-refractivity contribution is 0.195. The summed E-state index contributed by atoms with van der Waals surface area (Å²) < 4.78 is 2.34. The molecule has 2 heterocycles. The number of hydrogen-bond donors (Lipinski definition) is 1. The normalized spacial score (nSPS) is 19.7. The van der Waals surface area contributed by atoms with Crippen molar-refractivity contribution >= 4 is 31.9 Å². The van der Waals surface area contributed by atoms with Crippen molar-refractivity contribution in [2.45, 2.75) is 39.7 Å². The van der Waals surface area contributed by atoms with Gasteiger partial charge in [0, 0.05) is 41.3 Å². The van der Waals surface area contributed by atoms with Crippen LogP contribution in [0.25, 0.3) is 0 Å². The number of fused-ring (bicyclic) bond motifs is 2. The predicted octanol–water partition coefficient (Wildman–Crippen LogP) is 5.03. The van der Waals surface area contributed by atoms with Gasteiger partial charge in [-0.2, -0.15) is 0 Å². The number of piperazine rings is 1. The second-order valence-electron chi connectivity index (χ2n) is 6.65. The molecule has 1 aliphatic heterocycles. The molecule has 5 heteroatoms. The lowest BCUT2D eigenvalue weighted by atomic mass is 9.95. The van der Waals surface area contributed by atoms with Crippen LogP contribution in [0.4, 0.5) is 0 Å². The number of nitrogens with one attached hydrogen (secondary N) is 1. The molecule has 0 amide bonds. The Bertz CT molecular complexity index is 770. The van der Waals surface area contributed by atoms with Gasteiger partial charge >= 0.3 is 0 Å². The largest absolute Gasteiger partial charge is 0.314 e. The molecule has 0 radical (unpaired) electrons. The molecule has 1 saturated heterocycles. The molecule has 0 bridgehead atoms. The van der Waals surface area contributed by atoms with Gasteiger partial charge in [0.15, 0.2) is 0 Å². The first-order valence-corrected chi connectivity index (χ1v) is 11.1. The van der Waals surface area contributed by atoms with Gasteiger partial charge in [-0.05, 0) is 64.0 Å². The molecule has 1 fully saturated rings. The highest BCUT2D eigenvalue weighted by molar-refractivity contribution is 9.10. The first-order valence-electron chi connectivity index (χ1n) is 9.52. The fraction of sp³-hybridized carbons (Fsp3) is 0.476. The summed E-state index contributed by atoms with van der Waals surface area (Å²) in [6.45, 7) is 10.4. The van der Waals surface area contributed by atoms with Crippen LogP contribution in [0.15, 0.2) is 33.3 Å². The predicted molar refractivity (Wildman–Crippen MR) is 116 cm³/mol. The standard InChI is InChI=1S/C19H21Br2N3.C2H6/c1-12-2-4-16-15(17(12)21)5-3-13-10-14(20)11-23-18(13)19(16)24-8-6-22-7-9-24;1-2/h2,4,10-11,19,22H,3,5-9H2,1H3;1-2H3. The minimum Gasteiger partial charge on any atom is -0.314 e. The van der Waals surface area contributed by atoms with Gasteiger partial charge in [-0.25, -0.2) is 0 Å². The molecule has 3 nitrogen and oxygen atoms in total. The van der Waals surface area contributed by atoms with Crippen LogP contribution in [-0.2, 0) is 12.8 Å². The van der Waals surface area contributed by atoms with Crippen LogP contribution in [0.2, 0.25) is 0 Å². The molecule has 1 aromatic heterocycles. The highest BCUT2D eigenvalue weighted by Crippen LogP contribution is 2.40. The summed E-state index contributed by atoms with van der Waals surface area (Å²) in [6.07, 6.45) is 4.05. The van der Waals surface area contributed by atoms with Crippen LogP contribution in [0.5, 0.6) is 0 Å². The Morgan fingerprint density at radius 1 is 1.12 bits per heavy atom. The molecule has 1 N–H and O–H groups in total. The molecule has 0 spiro atoms. The summed E-state index contributed by atoms with van der Waals surface area (Å²) in [5, 5.41) is 3.47. The Kier molecular flexibility index (Phi) is 6.89. The number of aromatic nitrogens is 1. The van der Waals surface area contributed by atoms with E-state index < -0.39 is 0 Å². The molecule has 0 saturated carbocycles. The second kappa shape index (κ2) is 8.96. The van der Waals surface area contributed by atoms with Crippen molar-refractivity contribution in [2.24, 2.45) is 0 Å². The number of benzene rings is 1. The first-order chi connectivity index (χ1) is 12.6. The first kappa shape index (κ1) is 20.0. The molecule has 2 aromatic rings. The maximum Gasteiger partial charge on any atom is 0.0783 e. The van der Waals surface area contributed by atoms with Gasteiger partial charge in [-0.15, -0.1) is 0 Å². The van der Waals surface area contributed by atoms with Crippen LogP contribution in [0, 0.1) is 6.92 Å². The average Bonchev–Trinajstić information content (AvgIpc) is 2.84. The summed E-state index contributed by atoms with van der Waals surface area (Å²) in [6, 6.07) is 7.07. The summed E-state index contributed by atoms with van der Waals surface area (Å²) in [5.41, 5.74) is 6.78. The number of hydrogen-bond acceptors (Lipinski definition) is 3. The molecule has 2 aliphatic rings. The fourth-order valence-electron chi connectivity index (χ4n) is 3.92. The Morgan fingerprint density at radius 2 is 1.85 bits per heavy atom. The van der Waals surface area contributed by atoms with E-state index in [1.54, 1.807) is 0 Å². The van der Waals surface area contributed by atoms with Gasteiger partial charge in [0.05, 0.1) is 11.7 Å². The third-order valence-corrected chi connectivity index (χ3v) is 6.69. The van der Waals surface area contributed by atoms with Gasteiger partial charge in [-0.3, -0.25) is 9.88 Å². The molecule has 1 atom stereocenters. The van der Waals surface area contributed by atoms with E-state index in [2.05, 4.69) is 67.2 Å². The van der Waals surface area contributed by atoms with Crippen molar-refractivity contribution in [3.63, 3.8) is 0 Å². The van der Waals surface area contributed by atoms with Gasteiger partial charge in [-0.1, -0.05) is 41.9 Å². The summed E-state index contributed by atoms with van der Waals surface area (Å²) in [4.78, 5) is 7.45. The lowest BCUT2D eigenvalue weighted by Crippen LogP contribution is -2.45. The van der Waals surface area contributed by atoms with Crippen LogP contribution in [-0.4, -0.2) is 36.1 Å². The van der Waals surface area contributed by atoms with Crippen LogP contribution >= 0.6 is 31.9 Å². The van der Waals surface area contributed by atoms with E-state index in [0.29, 0.717) is 0 Å². The zero-order chi connectivity index (χ0) is 18.7. The van der Waals surface area contributed by atoms with E-state index in [9.17, 15) is 0 Å². The maximum atomic E-state index is 4.86. The number of halogens is 2. The van der Waals surface area contributed by atoms with Crippen LogP contribution in [0.3, 0.4) is 0 Å². The van der Waals surface area contributed by atoms with E-state index in [1.807, 2.05) is 20.0 Å². The van der Waals surface area contributed by atoms with Crippen molar-refractivity contribution in [2.75, 3.05) is 26.2 Å². The highest BCUT2D eigenvalue weighted by Gasteiger charge is 2.31. The van der Waals surface area contributed by atoms with E-state index >= 15 is 0 Å². The van der Waals surface area contributed by atoms with Crippen LogP contribution in [0.1, 0.15) is 47.8 Å². The number of aryl methyl sites for hydroxylation is 2. The van der Waals surface area contributed by atoms with Crippen molar-refractivity contribution in [3.8, 4) is 0 Å². The van der Waals surface area contributed by atoms with Crippen molar-refractivity contribution in [1.82, 2.24) is 15.2 Å². The smallest absolute Gasteiger partial charge is 0.0783 e. The van der Waals surface area contributed by atoms with E-state index in [4.69, 9.17) is 4.98 Å². The summed E-state index contributed by atoms with van der Waals surface area (Å²) in [5.74, 6) is 0. The Balaban J connectivity index is 0.000000948. The van der Waals surface area contributed by atoms with Gasteiger partial charge < -0.3 is 5.32 Å². The third kappa shape index (κ3) is 3.91. The molecule has 1 aliphatic carbocycles. The van der Waals surface area contributed by atoms with Gasteiger partial charge in [0.2, 0.25) is 0 Å². The number of rotatable bonds is 1. The molecular weight excluding hydrogens is 454 g/mol. The molecule has 1 aromatic carbocycles. The summed E-state index contributed by atoms with van der Waals surface area (Å²) in [7, 11) is 0. The lowest BCUT2D eigenvalue weighted by Gasteiger charge is -2.36. The molecule has 1 unspecified atom stereocenters. The zero-order valence-corrected chi connectivity index (χ0v) is 19.0. The third-order valence-electron chi connectivity index (χ3n) is 5.16. The topological polar surface area (TPSA) is 28.2 Å². The Labute approximate surface area is 173 Å². The zero-order valence-electron chi connectivity index (χ0n) is 15.8. The minimum atomic E-state index is 0.254. The monoisotopic (exact) mass is 479 g/mol. The maximum absolute atomic E-state index is 4.86. The fourth-order valence-corrected chi connectivity index (χ4v) is 4.86. The second-order valence-corrected chi connectivity index (χ2v) is 8.36. The summed E-state index contributed by atoms with van der Waals surface area (Å²) >= 11 is 7.45. The van der Waals surface area contributed by atoms with Gasteiger partial charge in [0.1, 0.15) is 0 Å². The van der Waals surface area contributed by atoms with Crippen molar-refractivity contribution in [3.05, 3.63) is 61.3 Å². The van der Waals surface area contributed by atoms with Gasteiger partial charge in [0.25, 0.3) is 0 Å². The Hall–Kier alpha value is -0.750. The quantitative estimate of drug-likeness (QED) is 0.620. The number of pyridine rings is 1. The minimum absolute atomic E-state index is 0.254. The average molecular weight is 481 g/mol. The van der Waals surface area contributed by atoms with E-state index in [1.165, 1.54) is 32.4 Å². The Morgan fingerprint density at radius 3 is 2.58 bits per heavy atom. The van der Waals surface area contributed by atoms with E-state index in [-0.39, 0.29) is 6.04 Å². The number of nitrogens with zero attached hydrogens (tertiary/aromatic N) is 2. The van der Waals surface area contributed by atoms with Crippen LogP contribution < -0.4 is 5.32 Å². The highest BCUT2D eigenvalue weighted by atomic mass is 79.9. The van der Waals surface area contributed by atoms with Crippen molar-refractivity contribution in [1.29, 1.82) is 0 Å².